The van der Waals surface area contributed by atoms with Crippen LogP contribution in [0.25, 0.3) is 16.6 Å². The lowest BCUT2D eigenvalue weighted by atomic mass is 10.1. The number of fused-ring (bicyclic) bond motifs is 3. The lowest BCUT2D eigenvalue weighted by molar-refractivity contribution is 0.0517. The molecule has 0 saturated carbocycles. The highest BCUT2D eigenvalue weighted by molar-refractivity contribution is 9.10. The molecule has 0 radical (unpaired) electrons. The Morgan fingerprint density at radius 3 is 1.30 bits per heavy atom. The number of nitrogen functional groups attached to an aromatic ring is 1. The van der Waals surface area contributed by atoms with E-state index in [1.54, 1.807) is 33.5 Å². The van der Waals surface area contributed by atoms with Crippen LogP contribution in [0.4, 0.5) is 5.69 Å². The highest BCUT2D eigenvalue weighted by Gasteiger charge is 2.22. The van der Waals surface area contributed by atoms with Crippen LogP contribution in [-0.4, -0.2) is 66.6 Å². The van der Waals surface area contributed by atoms with Gasteiger partial charge in [0.05, 0.1) is 53.5 Å². The summed E-state index contributed by atoms with van der Waals surface area (Å²) in [5.41, 5.74) is 17.1. The summed E-state index contributed by atoms with van der Waals surface area (Å²) in [6, 6.07) is 5.68. The van der Waals surface area contributed by atoms with Crippen LogP contribution in [0.15, 0.2) is 41.3 Å². The van der Waals surface area contributed by atoms with E-state index in [2.05, 4.69) is 31.2 Å². The lowest BCUT2D eigenvalue weighted by Gasteiger charge is -2.03. The van der Waals surface area contributed by atoms with Crippen molar-refractivity contribution in [2.24, 2.45) is 0 Å². The van der Waals surface area contributed by atoms with E-state index in [4.69, 9.17) is 19.9 Å². The van der Waals surface area contributed by atoms with Crippen LogP contribution in [0, 0.1) is 27.7 Å². The molecule has 0 aliphatic carbocycles. The maximum atomic E-state index is 12.0. The van der Waals surface area contributed by atoms with Gasteiger partial charge in [0.25, 0.3) is 0 Å². The third-order valence-corrected chi connectivity index (χ3v) is 9.67. The summed E-state index contributed by atoms with van der Waals surface area (Å²) in [5, 5.41) is 13.3. The van der Waals surface area contributed by atoms with E-state index in [1.165, 1.54) is 0 Å². The molecule has 54 heavy (non-hydrogen) atoms. The van der Waals surface area contributed by atoms with E-state index in [1.807, 2.05) is 86.1 Å². The number of aromatic nitrogens is 6. The first-order chi connectivity index (χ1) is 25.7. The molecule has 6 rings (SSSR count). The van der Waals surface area contributed by atoms with Crippen molar-refractivity contribution in [2.75, 3.05) is 25.6 Å². The zero-order chi connectivity index (χ0) is 39.9. The first-order valence-corrected chi connectivity index (χ1v) is 19.0. The summed E-state index contributed by atoms with van der Waals surface area (Å²) in [6.07, 6.45) is 7.77. The van der Waals surface area contributed by atoms with Gasteiger partial charge >= 0.3 is 17.9 Å². The summed E-state index contributed by atoms with van der Waals surface area (Å²) in [7, 11) is 0. The predicted molar refractivity (Wildman–Crippen MR) is 213 cm³/mol. The fourth-order valence-corrected chi connectivity index (χ4v) is 6.14. The van der Waals surface area contributed by atoms with Crippen molar-refractivity contribution in [1.82, 2.24) is 28.8 Å². The zero-order valence-corrected chi connectivity index (χ0v) is 34.4. The number of nitrogens with zero attached hydrogens (tertiary/aromatic N) is 6. The molecule has 6 aromatic heterocycles. The largest absolute Gasteiger partial charge is 0.462 e. The van der Waals surface area contributed by atoms with Gasteiger partial charge in [-0.1, -0.05) is 36.7 Å². The molecule has 0 unspecified atom stereocenters. The molecule has 6 aromatic rings. The van der Waals surface area contributed by atoms with Gasteiger partial charge in [0.15, 0.2) is 0 Å². The number of anilines is 1. The van der Waals surface area contributed by atoms with E-state index in [9.17, 15) is 14.4 Å². The minimum absolute atomic E-state index is 0.285. The van der Waals surface area contributed by atoms with E-state index < -0.39 is 0 Å². The van der Waals surface area contributed by atoms with Gasteiger partial charge in [-0.2, -0.15) is 15.3 Å². The molecule has 13 nitrogen and oxygen atoms in total. The van der Waals surface area contributed by atoms with E-state index in [0.29, 0.717) is 67.0 Å². The van der Waals surface area contributed by atoms with Crippen molar-refractivity contribution in [3.05, 3.63) is 97.3 Å². The molecule has 0 aliphatic heterocycles. The van der Waals surface area contributed by atoms with Crippen LogP contribution in [0.1, 0.15) is 112 Å². The monoisotopic (exact) mass is 803 g/mol. The third-order valence-electron chi connectivity index (χ3n) is 8.81. The topological polar surface area (TPSA) is 157 Å². The molecular formula is C40H50BrN7O6. The third kappa shape index (κ3) is 8.75. The maximum Gasteiger partial charge on any atom is 0.342 e. The first-order valence-electron chi connectivity index (χ1n) is 18.2. The van der Waals surface area contributed by atoms with Gasteiger partial charge in [-0.15, -0.1) is 0 Å². The fourth-order valence-electron chi connectivity index (χ4n) is 5.82. The quantitative estimate of drug-likeness (QED) is 0.113. The number of ether oxygens (including phenoxy) is 3. The number of pyridine rings is 3. The standard InChI is InChI=1S/C14H18N2O2.C13H15BrN2O2.C13H17N3O2/c1-5-11-13(14(17)18-6-2)12-7-9(3)10(4)8-16(12)15-11;2*1-4-10-12(13(17)18-5-2)11-6-9(14)8(3)7-16(11)15-10/h7-8H,5-6H2,1-4H3;6-7H,4-5H2,1-3H3;6-7H,4-5,14H2,1-3H3. The lowest BCUT2D eigenvalue weighted by Crippen LogP contribution is -2.07. The fraction of sp³-hybridized carbons (Fsp3) is 0.400. The van der Waals surface area contributed by atoms with Gasteiger partial charge < -0.3 is 19.9 Å². The van der Waals surface area contributed by atoms with E-state index in [0.717, 1.165) is 54.8 Å². The minimum Gasteiger partial charge on any atom is -0.462 e. The van der Waals surface area contributed by atoms with E-state index in [-0.39, 0.29) is 17.9 Å². The molecule has 0 fully saturated rings. The van der Waals surface area contributed by atoms with Crippen LogP contribution in [0.3, 0.4) is 0 Å². The number of halogens is 1. The molecule has 0 aliphatic rings. The molecular weight excluding hydrogens is 754 g/mol. The Morgan fingerprint density at radius 2 is 0.907 bits per heavy atom. The molecule has 0 spiro atoms. The van der Waals surface area contributed by atoms with Crippen LogP contribution >= 0.6 is 15.9 Å². The van der Waals surface area contributed by atoms with Gasteiger partial charge in [0.2, 0.25) is 0 Å². The Bertz CT molecular complexity index is 2060. The summed E-state index contributed by atoms with van der Waals surface area (Å²) in [6.45, 7) is 20.4. The molecule has 0 aromatic carbocycles. The highest BCUT2D eigenvalue weighted by Crippen LogP contribution is 2.25. The Morgan fingerprint density at radius 1 is 0.556 bits per heavy atom. The molecule has 0 atom stereocenters. The summed E-state index contributed by atoms with van der Waals surface area (Å²) in [5.74, 6) is -0.930. The summed E-state index contributed by atoms with van der Waals surface area (Å²) in [4.78, 5) is 36.0. The molecule has 0 bridgehead atoms. The Balaban J connectivity index is 0.000000180. The average molecular weight is 805 g/mol. The van der Waals surface area contributed by atoms with Gasteiger partial charge in [0, 0.05) is 28.8 Å². The van der Waals surface area contributed by atoms with Crippen LogP contribution in [-0.2, 0) is 33.5 Å². The number of nitrogens with two attached hydrogens (primary N) is 1. The number of aryl methyl sites for hydroxylation is 7. The van der Waals surface area contributed by atoms with Crippen molar-refractivity contribution in [1.29, 1.82) is 0 Å². The highest BCUT2D eigenvalue weighted by atomic mass is 79.9. The molecule has 288 valence electrons. The van der Waals surface area contributed by atoms with Gasteiger partial charge in [-0.3, -0.25) is 0 Å². The number of carbonyl (C=O) groups excluding carboxylic acids is 3. The molecule has 0 amide bonds. The Labute approximate surface area is 323 Å². The minimum atomic E-state index is -0.340. The number of esters is 3. The number of carbonyl (C=O) groups is 3. The SMILES string of the molecule is CCOC(=O)c1c(CC)nn2cc(C)c(Br)cc12.CCOC(=O)c1c(CC)nn2cc(C)c(C)cc12.CCOC(=O)c1c(CC)nn2cc(C)c(N)cc12. The maximum absolute atomic E-state index is 12.0. The second-order valence-corrected chi connectivity index (χ2v) is 13.4. The second kappa shape index (κ2) is 18.2. The Hall–Kier alpha value is -5.24. The van der Waals surface area contributed by atoms with Crippen molar-refractivity contribution in [2.45, 2.75) is 88.5 Å². The molecule has 6 heterocycles. The molecule has 2 N–H and O–H groups in total. The average Bonchev–Trinajstić information content (AvgIpc) is 3.80. The van der Waals surface area contributed by atoms with Crippen LogP contribution in [0.5, 0.6) is 0 Å². The first kappa shape index (κ1) is 41.5. The second-order valence-electron chi connectivity index (χ2n) is 12.5. The number of hydrogen-bond acceptors (Lipinski definition) is 10. The molecule has 14 heteroatoms. The van der Waals surface area contributed by atoms with Crippen LogP contribution < -0.4 is 5.73 Å². The molecule has 0 saturated heterocycles. The summed E-state index contributed by atoms with van der Waals surface area (Å²) < 4.78 is 21.5. The number of rotatable bonds is 9. The zero-order valence-electron chi connectivity index (χ0n) is 32.8. The Kier molecular flexibility index (Phi) is 14.0. The summed E-state index contributed by atoms with van der Waals surface area (Å²) >= 11 is 3.48. The van der Waals surface area contributed by atoms with E-state index >= 15 is 0 Å². The van der Waals surface area contributed by atoms with Crippen molar-refractivity contribution in [3.63, 3.8) is 0 Å². The normalized spacial score (nSPS) is 10.9. The smallest absolute Gasteiger partial charge is 0.342 e. The predicted octanol–water partition coefficient (Wildman–Crippen LogP) is 7.80. The van der Waals surface area contributed by atoms with Gasteiger partial charge in [-0.25, -0.2) is 27.9 Å². The van der Waals surface area contributed by atoms with Gasteiger partial charge in [0.1, 0.15) is 16.7 Å². The van der Waals surface area contributed by atoms with Gasteiger partial charge in [-0.05, 0) is 108 Å². The van der Waals surface area contributed by atoms with Crippen molar-refractivity contribution >= 4 is 56.1 Å². The van der Waals surface area contributed by atoms with Crippen molar-refractivity contribution < 1.29 is 28.6 Å². The van der Waals surface area contributed by atoms with Crippen molar-refractivity contribution in [3.8, 4) is 0 Å². The number of hydrogen-bond donors (Lipinski definition) is 1. The van der Waals surface area contributed by atoms with Crippen LogP contribution in [0.2, 0.25) is 0 Å².